The number of thiol groups is 1. The summed E-state index contributed by atoms with van der Waals surface area (Å²) < 4.78 is 0. The largest absolute Gasteiger partial charge is 0.339 e. The van der Waals surface area contributed by atoms with E-state index < -0.39 is 0 Å². The lowest BCUT2D eigenvalue weighted by Gasteiger charge is -2.06. The fourth-order valence-electron chi connectivity index (χ4n) is 0.502. The topological polar surface area (TPSA) is 29.1 Å². The van der Waals surface area contributed by atoms with Crippen LogP contribution in [-0.4, -0.2) is 5.91 Å². The van der Waals surface area contributed by atoms with E-state index in [-0.39, 0.29) is 5.91 Å². The van der Waals surface area contributed by atoms with Gasteiger partial charge in [0.05, 0.1) is 0 Å². The van der Waals surface area contributed by atoms with Crippen molar-refractivity contribution in [3.8, 4) is 0 Å². The molecule has 0 heterocycles. The maximum atomic E-state index is 10.3. The molecule has 9 heavy (non-hydrogen) atoms. The van der Waals surface area contributed by atoms with Gasteiger partial charge in [-0.1, -0.05) is 13.3 Å². The van der Waals surface area contributed by atoms with Crippen molar-refractivity contribution in [2.75, 3.05) is 0 Å². The van der Waals surface area contributed by atoms with Gasteiger partial charge in [-0.3, -0.25) is 4.79 Å². The second-order valence-corrected chi connectivity index (χ2v) is 2.42. The number of carbonyl (C=O) groups is 1. The first kappa shape index (κ1) is 8.82. The zero-order valence-electron chi connectivity index (χ0n) is 5.77. The second kappa shape index (κ2) is 4.68. The summed E-state index contributed by atoms with van der Waals surface area (Å²) in [5.74, 6) is -0.0477. The van der Waals surface area contributed by atoms with Crippen molar-refractivity contribution < 1.29 is 4.79 Å². The molecule has 0 aromatic carbocycles. The summed E-state index contributed by atoms with van der Waals surface area (Å²) in [7, 11) is 0. The van der Waals surface area contributed by atoms with Crippen LogP contribution in [0.1, 0.15) is 26.7 Å². The van der Waals surface area contributed by atoms with Crippen molar-refractivity contribution in [2.24, 2.45) is 0 Å². The van der Waals surface area contributed by atoms with E-state index in [4.69, 9.17) is 0 Å². The number of carbonyl (C=O) groups excluding carboxylic acids is 1. The maximum absolute atomic E-state index is 10.3. The molecule has 0 saturated carbocycles. The monoisotopic (exact) mass is 146 g/mol. The van der Waals surface area contributed by atoms with Crippen molar-refractivity contribution in [3.63, 3.8) is 0 Å². The Kier molecular flexibility index (Phi) is 4.58. The average Bonchev–Trinajstić information content (AvgIpc) is 1.63. The van der Waals surface area contributed by atoms with Gasteiger partial charge in [0.1, 0.15) is 5.37 Å². The lowest BCUT2D eigenvalue weighted by Crippen LogP contribution is -2.21. The Morgan fingerprint density at radius 1 is 1.67 bits per heavy atom. The molecule has 0 aliphatic carbocycles. The highest BCUT2D eigenvalue weighted by Crippen LogP contribution is 2.07. The van der Waals surface area contributed by atoms with Gasteiger partial charge in [-0.25, -0.2) is 0 Å². The Morgan fingerprint density at radius 3 is 2.56 bits per heavy atom. The third kappa shape index (κ3) is 5.69. The van der Waals surface area contributed by atoms with Crippen LogP contribution in [0.25, 0.3) is 0 Å². The molecule has 0 aromatic rings. The molecule has 3 heteroatoms. The summed E-state index contributed by atoms with van der Waals surface area (Å²) in [5.41, 5.74) is 0. The first-order valence-corrected chi connectivity index (χ1v) is 3.44. The number of amides is 1. The number of nitrogens with one attached hydrogen (secondary N) is 1. The Labute approximate surface area is 61.4 Å². The summed E-state index contributed by atoms with van der Waals surface area (Å²) in [6.45, 7) is 3.52. The van der Waals surface area contributed by atoms with E-state index in [0.717, 1.165) is 18.2 Å². The fourth-order valence-corrected chi connectivity index (χ4v) is 0.884. The van der Waals surface area contributed by atoms with Crippen LogP contribution in [0.5, 0.6) is 0 Å². The van der Waals surface area contributed by atoms with Crippen LogP contribution in [0.4, 0.5) is 0 Å². The molecule has 1 N–H and O–H groups in total. The lowest BCUT2D eigenvalue weighted by molar-refractivity contribution is -0.118. The molecule has 0 spiro atoms. The molecule has 2 nitrogen and oxygen atoms in total. The summed E-state index contributed by atoms with van der Waals surface area (Å²) in [6, 6.07) is 0. The number of rotatable bonds is 3. The molecular weight excluding hydrogens is 134 g/mol. The van der Waals surface area contributed by atoms with Gasteiger partial charge in [-0.15, -0.1) is 12.6 Å². The van der Waals surface area contributed by atoms with E-state index in [2.05, 4.69) is 17.9 Å². The van der Waals surface area contributed by atoms with Crippen LogP contribution >= 0.6 is 12.6 Å². The summed E-state index contributed by atoms with van der Waals surface area (Å²) >= 11 is 4.03. The van der Waals surface area contributed by atoms with E-state index in [1.807, 2.05) is 6.92 Å². The van der Waals surface area contributed by atoms with Crippen LogP contribution in [-0.2, 0) is 4.79 Å². The summed E-state index contributed by atoms with van der Waals surface area (Å²) in [6.07, 6.45) is 1.86. The molecule has 0 aromatic heterocycles. The van der Waals surface area contributed by atoms with Gasteiger partial charge in [-0.05, 0) is 6.42 Å². The van der Waals surface area contributed by atoms with Gasteiger partial charge in [0, 0.05) is 6.92 Å². The van der Waals surface area contributed by atoms with E-state index in [0.29, 0.717) is 0 Å². The van der Waals surface area contributed by atoms with Gasteiger partial charge >= 0.3 is 0 Å². The minimum Gasteiger partial charge on any atom is -0.339 e. The molecule has 0 atom stereocenters. The minimum absolute atomic E-state index is 0.0477. The van der Waals surface area contributed by atoms with Crippen LogP contribution in [0.3, 0.4) is 0 Å². The third-order valence-electron chi connectivity index (χ3n) is 0.807. The van der Waals surface area contributed by atoms with Gasteiger partial charge in [0.15, 0.2) is 0 Å². The van der Waals surface area contributed by atoms with Gasteiger partial charge in [0.2, 0.25) is 5.91 Å². The molecule has 0 bridgehead atoms. The highest BCUT2D eigenvalue weighted by Gasteiger charge is 2.01. The quantitative estimate of drug-likeness (QED) is 0.578. The lowest BCUT2D eigenvalue weighted by atomic mass is 10.3. The summed E-state index contributed by atoms with van der Waals surface area (Å²) in [5, 5.41) is 3.34. The van der Waals surface area contributed by atoms with E-state index >= 15 is 0 Å². The third-order valence-corrected chi connectivity index (χ3v) is 1.14. The highest BCUT2D eigenvalue weighted by atomic mass is 32.1. The standard InChI is InChI=1S/C6H12NOS/c1-3-4-6(9)7-5(2)8/h9H,3-4H2,1-2H3,(H,7,8). The molecular formula is C6H12NOS. The zero-order chi connectivity index (χ0) is 7.28. The van der Waals surface area contributed by atoms with E-state index in [1.165, 1.54) is 6.92 Å². The minimum atomic E-state index is -0.0477. The average molecular weight is 146 g/mol. The Balaban J connectivity index is 3.26. The molecule has 0 rings (SSSR count). The molecule has 0 fully saturated rings. The number of hydrogen-bond donors (Lipinski definition) is 2. The van der Waals surface area contributed by atoms with Gasteiger partial charge < -0.3 is 5.32 Å². The SMILES string of the molecule is CCC[C](S)NC(C)=O. The molecule has 0 aliphatic heterocycles. The van der Waals surface area contributed by atoms with Crippen molar-refractivity contribution in [1.82, 2.24) is 5.32 Å². The van der Waals surface area contributed by atoms with E-state index in [9.17, 15) is 4.79 Å². The molecule has 0 aliphatic rings. The van der Waals surface area contributed by atoms with E-state index in [1.54, 1.807) is 0 Å². The van der Waals surface area contributed by atoms with Crippen molar-refractivity contribution in [3.05, 3.63) is 5.37 Å². The molecule has 0 unspecified atom stereocenters. The van der Waals surface area contributed by atoms with Crippen LogP contribution in [0, 0.1) is 5.37 Å². The molecule has 1 amide bonds. The molecule has 53 valence electrons. The Morgan fingerprint density at radius 2 is 2.22 bits per heavy atom. The molecule has 1 radical (unpaired) electrons. The Hall–Kier alpha value is -0.180. The first-order valence-electron chi connectivity index (χ1n) is 2.99. The van der Waals surface area contributed by atoms with Crippen LogP contribution in [0.2, 0.25) is 0 Å². The fraction of sp³-hybridized carbons (Fsp3) is 0.667. The predicted octanol–water partition coefficient (Wildman–Crippen LogP) is 1.34. The normalized spacial score (nSPS) is 9.78. The first-order chi connectivity index (χ1) is 4.16. The number of hydrogen-bond acceptors (Lipinski definition) is 2. The Bertz CT molecular complexity index is 95.1. The van der Waals surface area contributed by atoms with Crippen LogP contribution < -0.4 is 5.32 Å². The van der Waals surface area contributed by atoms with Crippen LogP contribution in [0.15, 0.2) is 0 Å². The van der Waals surface area contributed by atoms with Crippen molar-refractivity contribution in [2.45, 2.75) is 26.7 Å². The zero-order valence-corrected chi connectivity index (χ0v) is 6.66. The van der Waals surface area contributed by atoms with Gasteiger partial charge in [-0.2, -0.15) is 0 Å². The van der Waals surface area contributed by atoms with Gasteiger partial charge in [0.25, 0.3) is 0 Å². The second-order valence-electron chi connectivity index (χ2n) is 1.88. The maximum Gasteiger partial charge on any atom is 0.218 e. The highest BCUT2D eigenvalue weighted by molar-refractivity contribution is 7.83. The van der Waals surface area contributed by atoms with Crippen molar-refractivity contribution >= 4 is 18.5 Å². The summed E-state index contributed by atoms with van der Waals surface area (Å²) in [4.78, 5) is 10.3. The smallest absolute Gasteiger partial charge is 0.218 e. The molecule has 0 saturated heterocycles. The predicted molar refractivity (Wildman–Crippen MR) is 41.0 cm³/mol. The van der Waals surface area contributed by atoms with Crippen molar-refractivity contribution in [1.29, 1.82) is 0 Å².